The van der Waals surface area contributed by atoms with Crippen molar-refractivity contribution in [3.05, 3.63) is 24.3 Å². The van der Waals surface area contributed by atoms with Gasteiger partial charge in [-0.25, -0.2) is 4.39 Å². The Bertz CT molecular complexity index is 301. The van der Waals surface area contributed by atoms with E-state index in [2.05, 4.69) is 16.8 Å². The number of rotatable bonds is 1. The van der Waals surface area contributed by atoms with E-state index in [1.807, 2.05) is 0 Å². The van der Waals surface area contributed by atoms with E-state index < -0.39 is 0 Å². The van der Waals surface area contributed by atoms with E-state index in [4.69, 9.17) is 0 Å². The molecule has 1 fully saturated rings. The lowest BCUT2D eigenvalue weighted by molar-refractivity contribution is 0.608. The van der Waals surface area contributed by atoms with Gasteiger partial charge < -0.3 is 4.90 Å². The molecule has 0 radical (unpaired) electrons. The van der Waals surface area contributed by atoms with Gasteiger partial charge in [-0.15, -0.1) is 0 Å². The zero-order valence-electron chi connectivity index (χ0n) is 7.70. The molecule has 1 saturated heterocycles. The van der Waals surface area contributed by atoms with Gasteiger partial charge in [0, 0.05) is 18.8 Å². The van der Waals surface area contributed by atoms with Crippen molar-refractivity contribution < 1.29 is 4.39 Å². The Balaban J connectivity index is 2.29. The van der Waals surface area contributed by atoms with Crippen LogP contribution in [0.15, 0.2) is 18.5 Å². The molecule has 13 heavy (non-hydrogen) atoms. The maximum absolute atomic E-state index is 13.3. The number of nitrogens with zero attached hydrogens (tertiary/aromatic N) is 2. The molecule has 1 aromatic heterocycles. The molecule has 2 nitrogen and oxygen atoms in total. The van der Waals surface area contributed by atoms with Crippen molar-refractivity contribution in [1.82, 2.24) is 4.98 Å². The standard InChI is InChI=1S/C10H13FN2/c1-8-3-2-6-13(8)10-4-5-12-7-9(10)11/h4-5,7-8H,2-3,6H2,1H3. The Morgan fingerprint density at radius 3 is 3.08 bits per heavy atom. The lowest BCUT2D eigenvalue weighted by Gasteiger charge is -2.23. The predicted molar refractivity (Wildman–Crippen MR) is 50.2 cm³/mol. The van der Waals surface area contributed by atoms with Gasteiger partial charge in [0.05, 0.1) is 11.9 Å². The maximum atomic E-state index is 13.3. The number of pyridine rings is 1. The number of aromatic nitrogens is 1. The van der Waals surface area contributed by atoms with Crippen LogP contribution in [0.1, 0.15) is 19.8 Å². The molecular formula is C10H13FN2. The smallest absolute Gasteiger partial charge is 0.164 e. The summed E-state index contributed by atoms with van der Waals surface area (Å²) >= 11 is 0. The van der Waals surface area contributed by atoms with Crippen LogP contribution < -0.4 is 4.90 Å². The van der Waals surface area contributed by atoms with Gasteiger partial charge in [0.1, 0.15) is 0 Å². The second-order valence-electron chi connectivity index (χ2n) is 3.51. The van der Waals surface area contributed by atoms with Gasteiger partial charge in [-0.3, -0.25) is 4.98 Å². The Labute approximate surface area is 77.4 Å². The number of hydrogen-bond acceptors (Lipinski definition) is 2. The molecule has 2 rings (SSSR count). The van der Waals surface area contributed by atoms with E-state index in [1.165, 1.54) is 6.20 Å². The van der Waals surface area contributed by atoms with Crippen LogP contribution in [-0.4, -0.2) is 17.6 Å². The summed E-state index contributed by atoms with van der Waals surface area (Å²) in [7, 11) is 0. The van der Waals surface area contributed by atoms with Crippen LogP contribution in [0, 0.1) is 5.82 Å². The van der Waals surface area contributed by atoms with E-state index in [0.717, 1.165) is 19.4 Å². The van der Waals surface area contributed by atoms with Crippen LogP contribution in [0.5, 0.6) is 0 Å². The van der Waals surface area contributed by atoms with Crippen molar-refractivity contribution in [2.75, 3.05) is 11.4 Å². The highest BCUT2D eigenvalue weighted by Gasteiger charge is 2.22. The third-order valence-electron chi connectivity index (χ3n) is 2.61. The highest BCUT2D eigenvalue weighted by molar-refractivity contribution is 5.47. The first-order valence-corrected chi connectivity index (χ1v) is 4.65. The van der Waals surface area contributed by atoms with Crippen molar-refractivity contribution in [2.45, 2.75) is 25.8 Å². The number of halogens is 1. The molecule has 1 aliphatic rings. The first-order chi connectivity index (χ1) is 6.29. The fourth-order valence-electron chi connectivity index (χ4n) is 1.89. The Morgan fingerprint density at radius 1 is 1.62 bits per heavy atom. The molecular weight excluding hydrogens is 167 g/mol. The topological polar surface area (TPSA) is 16.1 Å². The normalized spacial score (nSPS) is 22.3. The lowest BCUT2D eigenvalue weighted by atomic mass is 10.2. The van der Waals surface area contributed by atoms with E-state index >= 15 is 0 Å². The summed E-state index contributed by atoms with van der Waals surface area (Å²) in [5, 5.41) is 0. The van der Waals surface area contributed by atoms with Gasteiger partial charge in [-0.05, 0) is 25.8 Å². The summed E-state index contributed by atoms with van der Waals surface area (Å²) < 4.78 is 13.3. The van der Waals surface area contributed by atoms with Crippen LogP contribution in [0.4, 0.5) is 10.1 Å². The molecule has 1 aliphatic heterocycles. The van der Waals surface area contributed by atoms with E-state index in [9.17, 15) is 4.39 Å². The van der Waals surface area contributed by atoms with Crippen molar-refractivity contribution in [3.8, 4) is 0 Å². The first-order valence-electron chi connectivity index (χ1n) is 4.65. The fourth-order valence-corrected chi connectivity index (χ4v) is 1.89. The molecule has 0 amide bonds. The van der Waals surface area contributed by atoms with Crippen LogP contribution >= 0.6 is 0 Å². The molecule has 2 heterocycles. The van der Waals surface area contributed by atoms with Gasteiger partial charge in [0.15, 0.2) is 5.82 Å². The van der Waals surface area contributed by atoms with Gasteiger partial charge in [-0.2, -0.15) is 0 Å². The summed E-state index contributed by atoms with van der Waals surface area (Å²) in [6, 6.07) is 2.20. The Hall–Kier alpha value is -1.12. The molecule has 70 valence electrons. The molecule has 0 N–H and O–H groups in total. The molecule has 1 unspecified atom stereocenters. The third kappa shape index (κ3) is 1.50. The highest BCUT2D eigenvalue weighted by Crippen LogP contribution is 2.26. The quantitative estimate of drug-likeness (QED) is 0.658. The van der Waals surface area contributed by atoms with E-state index in [0.29, 0.717) is 11.7 Å². The highest BCUT2D eigenvalue weighted by atomic mass is 19.1. The van der Waals surface area contributed by atoms with Crippen LogP contribution in [0.2, 0.25) is 0 Å². The second kappa shape index (κ2) is 3.32. The summed E-state index contributed by atoms with van der Waals surface area (Å²) in [6.45, 7) is 3.09. The summed E-state index contributed by atoms with van der Waals surface area (Å²) in [6.07, 6.45) is 5.23. The molecule has 1 aromatic rings. The predicted octanol–water partition coefficient (Wildman–Crippen LogP) is 2.21. The summed E-state index contributed by atoms with van der Waals surface area (Å²) in [5.41, 5.74) is 0.694. The molecule has 0 saturated carbocycles. The Morgan fingerprint density at radius 2 is 2.46 bits per heavy atom. The fraction of sp³-hybridized carbons (Fsp3) is 0.500. The van der Waals surface area contributed by atoms with Crippen molar-refractivity contribution in [2.24, 2.45) is 0 Å². The minimum absolute atomic E-state index is 0.212. The van der Waals surface area contributed by atoms with Crippen molar-refractivity contribution in [1.29, 1.82) is 0 Å². The van der Waals surface area contributed by atoms with Gasteiger partial charge in [0.2, 0.25) is 0 Å². The number of anilines is 1. The first kappa shape index (κ1) is 8.48. The SMILES string of the molecule is CC1CCCN1c1ccncc1F. The number of hydrogen-bond donors (Lipinski definition) is 0. The van der Waals surface area contributed by atoms with Crippen molar-refractivity contribution in [3.63, 3.8) is 0 Å². The van der Waals surface area contributed by atoms with Crippen LogP contribution in [-0.2, 0) is 0 Å². The second-order valence-corrected chi connectivity index (χ2v) is 3.51. The van der Waals surface area contributed by atoms with Crippen LogP contribution in [0.25, 0.3) is 0 Å². The third-order valence-corrected chi connectivity index (χ3v) is 2.61. The average molecular weight is 180 g/mol. The maximum Gasteiger partial charge on any atom is 0.164 e. The molecule has 0 aromatic carbocycles. The van der Waals surface area contributed by atoms with E-state index in [1.54, 1.807) is 12.3 Å². The summed E-state index contributed by atoms with van der Waals surface area (Å²) in [5.74, 6) is -0.212. The van der Waals surface area contributed by atoms with E-state index in [-0.39, 0.29) is 5.82 Å². The molecule has 0 spiro atoms. The monoisotopic (exact) mass is 180 g/mol. The van der Waals surface area contributed by atoms with Gasteiger partial charge >= 0.3 is 0 Å². The van der Waals surface area contributed by atoms with Crippen molar-refractivity contribution >= 4 is 5.69 Å². The van der Waals surface area contributed by atoms with Gasteiger partial charge in [0.25, 0.3) is 0 Å². The largest absolute Gasteiger partial charge is 0.366 e. The minimum Gasteiger partial charge on any atom is -0.366 e. The van der Waals surface area contributed by atoms with Gasteiger partial charge in [-0.1, -0.05) is 0 Å². The Kier molecular flexibility index (Phi) is 2.17. The zero-order valence-corrected chi connectivity index (χ0v) is 7.70. The lowest BCUT2D eigenvalue weighted by Crippen LogP contribution is -2.27. The zero-order chi connectivity index (χ0) is 9.26. The van der Waals surface area contributed by atoms with Crippen LogP contribution in [0.3, 0.4) is 0 Å². The summed E-state index contributed by atoms with van der Waals surface area (Å²) in [4.78, 5) is 5.85. The molecule has 1 atom stereocenters. The molecule has 0 bridgehead atoms. The minimum atomic E-state index is -0.212. The molecule has 0 aliphatic carbocycles. The molecule has 3 heteroatoms. The average Bonchev–Trinajstić information content (AvgIpc) is 2.52.